The molecule has 0 atom stereocenters. The molecular formula is C15H22N2O2S. The highest BCUT2D eigenvalue weighted by atomic mass is 32.1. The molecule has 0 spiro atoms. The van der Waals surface area contributed by atoms with E-state index in [0.717, 1.165) is 15.3 Å². The van der Waals surface area contributed by atoms with Crippen LogP contribution in [0.25, 0.3) is 0 Å². The van der Waals surface area contributed by atoms with Crippen LogP contribution >= 0.6 is 11.3 Å². The van der Waals surface area contributed by atoms with Crippen LogP contribution in [0.15, 0.2) is 6.07 Å². The number of thiophene rings is 1. The molecule has 0 unspecified atom stereocenters. The molecule has 0 aliphatic heterocycles. The highest BCUT2D eigenvalue weighted by Crippen LogP contribution is 2.22. The van der Waals surface area contributed by atoms with Crippen molar-refractivity contribution in [2.24, 2.45) is 5.73 Å². The molecule has 1 amide bonds. The molecule has 110 valence electrons. The Balaban J connectivity index is 2.79. The maximum atomic E-state index is 12.4. The van der Waals surface area contributed by atoms with Crippen LogP contribution in [0.1, 0.15) is 34.0 Å². The predicted octanol–water partition coefficient (Wildman–Crippen LogP) is 1.87. The fourth-order valence-electron chi connectivity index (χ4n) is 1.72. The second-order valence-electron chi connectivity index (χ2n) is 4.21. The number of aryl methyl sites for hydroxylation is 1. The minimum Gasteiger partial charge on any atom is -0.380 e. The van der Waals surface area contributed by atoms with Gasteiger partial charge in [0.05, 0.1) is 22.9 Å². The van der Waals surface area contributed by atoms with Crippen molar-refractivity contribution in [1.29, 1.82) is 0 Å². The molecule has 2 N–H and O–H groups in total. The zero-order valence-corrected chi connectivity index (χ0v) is 13.2. The molecule has 5 heteroatoms. The quantitative estimate of drug-likeness (QED) is 0.643. The fourth-order valence-corrected chi connectivity index (χ4v) is 2.74. The van der Waals surface area contributed by atoms with Crippen molar-refractivity contribution in [3.63, 3.8) is 0 Å². The number of nitrogens with zero attached hydrogens (tertiary/aromatic N) is 1. The molecule has 0 saturated heterocycles. The SMILES string of the molecule is CCOCCN(CC)C(=O)c1cc(C)c(C#CCN)s1. The van der Waals surface area contributed by atoms with Gasteiger partial charge in [-0.05, 0) is 32.4 Å². The van der Waals surface area contributed by atoms with Gasteiger partial charge in [0.15, 0.2) is 0 Å². The van der Waals surface area contributed by atoms with Gasteiger partial charge in [-0.15, -0.1) is 11.3 Å². The number of hydrogen-bond acceptors (Lipinski definition) is 4. The van der Waals surface area contributed by atoms with Gasteiger partial charge in [-0.3, -0.25) is 4.79 Å². The number of ether oxygens (including phenoxy) is 1. The van der Waals surface area contributed by atoms with Gasteiger partial charge in [0.25, 0.3) is 5.91 Å². The highest BCUT2D eigenvalue weighted by Gasteiger charge is 2.17. The van der Waals surface area contributed by atoms with E-state index in [1.807, 2.05) is 26.8 Å². The van der Waals surface area contributed by atoms with Crippen LogP contribution in [0, 0.1) is 18.8 Å². The summed E-state index contributed by atoms with van der Waals surface area (Å²) in [7, 11) is 0. The lowest BCUT2D eigenvalue weighted by Crippen LogP contribution is -2.33. The normalized spacial score (nSPS) is 10.0. The Morgan fingerprint density at radius 3 is 2.85 bits per heavy atom. The topological polar surface area (TPSA) is 55.6 Å². The Morgan fingerprint density at radius 1 is 1.50 bits per heavy atom. The second-order valence-corrected chi connectivity index (χ2v) is 5.26. The van der Waals surface area contributed by atoms with Crippen LogP contribution in [0.3, 0.4) is 0 Å². The van der Waals surface area contributed by atoms with Crippen LogP contribution in [0.2, 0.25) is 0 Å². The van der Waals surface area contributed by atoms with Crippen LogP contribution in [-0.2, 0) is 4.74 Å². The number of rotatable bonds is 6. The van der Waals surface area contributed by atoms with Crippen LogP contribution in [0.4, 0.5) is 0 Å². The molecule has 4 nitrogen and oxygen atoms in total. The average Bonchev–Trinajstić information content (AvgIpc) is 2.82. The summed E-state index contributed by atoms with van der Waals surface area (Å²) in [4.78, 5) is 15.9. The predicted molar refractivity (Wildman–Crippen MR) is 83.1 cm³/mol. The fraction of sp³-hybridized carbons (Fsp3) is 0.533. The Bertz CT molecular complexity index is 500. The lowest BCUT2D eigenvalue weighted by atomic mass is 10.2. The average molecular weight is 294 g/mol. The molecule has 0 saturated carbocycles. The summed E-state index contributed by atoms with van der Waals surface area (Å²) in [5.41, 5.74) is 6.40. The van der Waals surface area contributed by atoms with Gasteiger partial charge in [-0.25, -0.2) is 0 Å². The molecule has 0 bridgehead atoms. The van der Waals surface area contributed by atoms with Crippen LogP contribution in [0.5, 0.6) is 0 Å². The zero-order valence-electron chi connectivity index (χ0n) is 12.4. The summed E-state index contributed by atoms with van der Waals surface area (Å²) in [6, 6.07) is 1.90. The number of likely N-dealkylation sites (N-methyl/N-ethyl adjacent to an activating group) is 1. The first-order valence-electron chi connectivity index (χ1n) is 6.80. The summed E-state index contributed by atoms with van der Waals surface area (Å²) in [6.07, 6.45) is 0. The van der Waals surface area contributed by atoms with Crippen molar-refractivity contribution in [2.45, 2.75) is 20.8 Å². The Labute approximate surface area is 124 Å². The summed E-state index contributed by atoms with van der Waals surface area (Å²) >= 11 is 1.43. The third kappa shape index (κ3) is 4.64. The summed E-state index contributed by atoms with van der Waals surface area (Å²) in [5, 5.41) is 0. The molecule has 0 radical (unpaired) electrons. The largest absolute Gasteiger partial charge is 0.380 e. The first-order valence-corrected chi connectivity index (χ1v) is 7.62. The van der Waals surface area contributed by atoms with E-state index in [4.69, 9.17) is 10.5 Å². The summed E-state index contributed by atoms with van der Waals surface area (Å²) in [6.45, 7) is 8.74. The third-order valence-electron chi connectivity index (χ3n) is 2.81. The van der Waals surface area contributed by atoms with E-state index in [0.29, 0.717) is 32.8 Å². The minimum atomic E-state index is 0.0427. The number of nitrogens with two attached hydrogens (primary N) is 1. The molecule has 0 aliphatic carbocycles. The van der Waals surface area contributed by atoms with Crippen LogP contribution < -0.4 is 5.73 Å². The monoisotopic (exact) mass is 294 g/mol. The van der Waals surface area contributed by atoms with Crippen molar-refractivity contribution in [1.82, 2.24) is 4.90 Å². The summed E-state index contributed by atoms with van der Waals surface area (Å²) in [5.74, 6) is 5.87. The zero-order chi connectivity index (χ0) is 15.0. The standard InChI is InChI=1S/C15H22N2O2S/c1-4-17(9-10-19-5-2)15(18)14-11-12(3)13(20-14)7-6-8-16/h11H,4-5,8-10,16H2,1-3H3. The maximum absolute atomic E-state index is 12.4. The van der Waals surface area contributed by atoms with Crippen molar-refractivity contribution in [3.8, 4) is 11.8 Å². The van der Waals surface area contributed by atoms with Gasteiger partial charge < -0.3 is 15.4 Å². The number of carbonyl (C=O) groups excluding carboxylic acids is 1. The van der Waals surface area contributed by atoms with Gasteiger partial charge in [-0.2, -0.15) is 0 Å². The Hall–Kier alpha value is -1.35. The van der Waals surface area contributed by atoms with Gasteiger partial charge in [0.1, 0.15) is 0 Å². The molecule has 0 aliphatic rings. The van der Waals surface area contributed by atoms with Crippen molar-refractivity contribution in [2.75, 3.05) is 32.8 Å². The van der Waals surface area contributed by atoms with E-state index < -0.39 is 0 Å². The smallest absolute Gasteiger partial charge is 0.264 e. The highest BCUT2D eigenvalue weighted by molar-refractivity contribution is 7.14. The van der Waals surface area contributed by atoms with E-state index in [2.05, 4.69) is 11.8 Å². The van der Waals surface area contributed by atoms with Gasteiger partial charge >= 0.3 is 0 Å². The molecular weight excluding hydrogens is 272 g/mol. The molecule has 20 heavy (non-hydrogen) atoms. The molecule has 1 rings (SSSR count). The third-order valence-corrected chi connectivity index (χ3v) is 3.95. The van der Waals surface area contributed by atoms with E-state index in [-0.39, 0.29) is 5.91 Å². The van der Waals surface area contributed by atoms with E-state index in [1.165, 1.54) is 11.3 Å². The first kappa shape index (κ1) is 16.7. The van der Waals surface area contributed by atoms with Crippen molar-refractivity contribution in [3.05, 3.63) is 21.4 Å². The van der Waals surface area contributed by atoms with Crippen molar-refractivity contribution >= 4 is 17.2 Å². The Kier molecular flexibility index (Phi) is 7.31. The molecule has 1 aromatic rings. The molecule has 0 fully saturated rings. The lowest BCUT2D eigenvalue weighted by molar-refractivity contribution is 0.0673. The minimum absolute atomic E-state index is 0.0427. The van der Waals surface area contributed by atoms with Crippen molar-refractivity contribution < 1.29 is 9.53 Å². The van der Waals surface area contributed by atoms with E-state index >= 15 is 0 Å². The maximum Gasteiger partial charge on any atom is 0.264 e. The summed E-state index contributed by atoms with van der Waals surface area (Å²) < 4.78 is 5.31. The lowest BCUT2D eigenvalue weighted by Gasteiger charge is -2.19. The molecule has 0 aromatic carbocycles. The Morgan fingerprint density at radius 2 is 2.25 bits per heavy atom. The van der Waals surface area contributed by atoms with E-state index in [1.54, 1.807) is 4.90 Å². The number of amides is 1. The van der Waals surface area contributed by atoms with Gasteiger partial charge in [0, 0.05) is 19.7 Å². The van der Waals surface area contributed by atoms with E-state index in [9.17, 15) is 4.79 Å². The number of carbonyl (C=O) groups is 1. The van der Waals surface area contributed by atoms with Gasteiger partial charge in [0.2, 0.25) is 0 Å². The number of hydrogen-bond donors (Lipinski definition) is 1. The second kappa shape index (κ2) is 8.75. The molecule has 1 aromatic heterocycles. The van der Waals surface area contributed by atoms with Gasteiger partial charge in [-0.1, -0.05) is 11.8 Å². The molecule has 1 heterocycles. The van der Waals surface area contributed by atoms with Crippen LogP contribution in [-0.4, -0.2) is 43.7 Å². The first-order chi connectivity index (χ1) is 9.63.